The minimum Gasteiger partial charge on any atom is -0.478 e. The van der Waals surface area contributed by atoms with Gasteiger partial charge < -0.3 is 10.4 Å². The Morgan fingerprint density at radius 2 is 2.11 bits per heavy atom. The number of aromatic carboxylic acids is 1. The van der Waals surface area contributed by atoms with E-state index in [4.69, 9.17) is 5.11 Å². The molecular weight excluding hydrogens is 260 g/mol. The van der Waals surface area contributed by atoms with Crippen molar-refractivity contribution in [1.29, 1.82) is 0 Å². The Hall–Kier alpha value is -1.30. The second-order valence-corrected chi connectivity index (χ2v) is 4.71. The van der Waals surface area contributed by atoms with Crippen molar-refractivity contribution in [2.75, 3.05) is 17.3 Å². The summed E-state index contributed by atoms with van der Waals surface area (Å²) in [6, 6.07) is 2.34. The molecule has 1 atom stereocenters. The van der Waals surface area contributed by atoms with Crippen LogP contribution in [0.5, 0.6) is 0 Å². The van der Waals surface area contributed by atoms with E-state index in [0.717, 1.165) is 18.2 Å². The zero-order chi connectivity index (χ0) is 13.7. The minimum atomic E-state index is -1.48. The number of hydrogen-bond donors (Lipinski definition) is 2. The molecule has 0 heterocycles. The van der Waals surface area contributed by atoms with E-state index >= 15 is 0 Å². The summed E-state index contributed by atoms with van der Waals surface area (Å²) in [6.45, 7) is 1.94. The van der Waals surface area contributed by atoms with Crippen molar-refractivity contribution in [3.05, 3.63) is 29.3 Å². The average molecular weight is 275 g/mol. The summed E-state index contributed by atoms with van der Waals surface area (Å²) in [6.07, 6.45) is 2.69. The number of halogens is 2. The molecule has 1 aromatic rings. The Labute approximate surface area is 109 Å². The molecule has 0 fully saturated rings. The Kier molecular flexibility index (Phi) is 5.40. The molecule has 0 spiro atoms. The zero-order valence-corrected chi connectivity index (χ0v) is 11.0. The predicted octanol–water partition coefficient (Wildman–Crippen LogP) is 3.22. The summed E-state index contributed by atoms with van der Waals surface area (Å²) in [5, 5.41) is 11.5. The molecule has 1 unspecified atom stereocenters. The first-order valence-corrected chi connectivity index (χ1v) is 6.87. The first-order valence-electron chi connectivity index (χ1n) is 5.48. The fraction of sp³-hybridized carbons (Fsp3) is 0.417. The summed E-state index contributed by atoms with van der Waals surface area (Å²) >= 11 is 1.60. The Balaban J connectivity index is 2.98. The largest absolute Gasteiger partial charge is 0.478 e. The van der Waals surface area contributed by atoms with Gasteiger partial charge in [-0.15, -0.1) is 0 Å². The third-order valence-corrected chi connectivity index (χ3v) is 3.27. The molecule has 100 valence electrons. The molecule has 2 N–H and O–H groups in total. The van der Waals surface area contributed by atoms with Crippen LogP contribution in [-0.2, 0) is 0 Å². The molecule has 0 radical (unpaired) electrons. The van der Waals surface area contributed by atoms with E-state index in [1.165, 1.54) is 6.07 Å². The number of carboxylic acid groups (broad SMARTS) is 1. The third kappa shape index (κ3) is 3.35. The van der Waals surface area contributed by atoms with E-state index in [1.807, 2.05) is 13.2 Å². The second-order valence-electron chi connectivity index (χ2n) is 3.80. The summed E-state index contributed by atoms with van der Waals surface area (Å²) in [4.78, 5) is 10.6. The Morgan fingerprint density at radius 3 is 2.61 bits per heavy atom. The lowest BCUT2D eigenvalue weighted by Crippen LogP contribution is -2.22. The van der Waals surface area contributed by atoms with Gasteiger partial charge in [0.1, 0.15) is 0 Å². The molecule has 1 rings (SSSR count). The summed E-state index contributed by atoms with van der Waals surface area (Å²) in [7, 11) is 0. The smallest absolute Gasteiger partial charge is 0.338 e. The van der Waals surface area contributed by atoms with Crippen molar-refractivity contribution in [3.63, 3.8) is 0 Å². The molecule has 0 saturated heterocycles. The van der Waals surface area contributed by atoms with Gasteiger partial charge in [-0.2, -0.15) is 11.8 Å². The highest BCUT2D eigenvalue weighted by molar-refractivity contribution is 7.98. The quantitative estimate of drug-likeness (QED) is 0.837. The molecule has 0 aliphatic carbocycles. The van der Waals surface area contributed by atoms with E-state index in [2.05, 4.69) is 5.32 Å². The van der Waals surface area contributed by atoms with Gasteiger partial charge in [0.05, 0.1) is 11.3 Å². The fourth-order valence-corrected chi connectivity index (χ4v) is 2.23. The Bertz CT molecular complexity index is 440. The maximum absolute atomic E-state index is 13.7. The van der Waals surface area contributed by atoms with Gasteiger partial charge in [0, 0.05) is 11.8 Å². The van der Waals surface area contributed by atoms with E-state index in [1.54, 1.807) is 11.8 Å². The maximum Gasteiger partial charge on any atom is 0.338 e. The van der Waals surface area contributed by atoms with Gasteiger partial charge in [-0.05, 0) is 24.8 Å². The van der Waals surface area contributed by atoms with Gasteiger partial charge in [0.25, 0.3) is 0 Å². The van der Waals surface area contributed by atoms with E-state index in [9.17, 15) is 13.6 Å². The van der Waals surface area contributed by atoms with Crippen molar-refractivity contribution in [1.82, 2.24) is 0 Å². The van der Waals surface area contributed by atoms with Gasteiger partial charge in [-0.3, -0.25) is 0 Å². The first-order chi connectivity index (χ1) is 8.51. The number of carboxylic acids is 1. The highest BCUT2D eigenvalue weighted by Crippen LogP contribution is 2.22. The number of nitrogens with one attached hydrogen (secondary N) is 1. The van der Waals surface area contributed by atoms with Crippen molar-refractivity contribution in [3.8, 4) is 0 Å². The third-order valence-electron chi connectivity index (χ3n) is 2.53. The highest BCUT2D eigenvalue weighted by atomic mass is 32.2. The van der Waals surface area contributed by atoms with Crippen LogP contribution < -0.4 is 5.32 Å². The molecule has 6 heteroatoms. The number of rotatable bonds is 6. The van der Waals surface area contributed by atoms with Gasteiger partial charge in [0.15, 0.2) is 11.6 Å². The van der Waals surface area contributed by atoms with Gasteiger partial charge in [-0.1, -0.05) is 6.92 Å². The van der Waals surface area contributed by atoms with Crippen LogP contribution in [0.2, 0.25) is 0 Å². The summed E-state index contributed by atoms with van der Waals surface area (Å²) in [5.41, 5.74) is -0.658. The fourth-order valence-electron chi connectivity index (χ4n) is 1.51. The van der Waals surface area contributed by atoms with Crippen LogP contribution in [0.4, 0.5) is 14.5 Å². The van der Waals surface area contributed by atoms with Crippen molar-refractivity contribution in [2.24, 2.45) is 0 Å². The first kappa shape index (κ1) is 14.8. The monoisotopic (exact) mass is 275 g/mol. The molecule has 0 bridgehead atoms. The summed E-state index contributed by atoms with van der Waals surface area (Å²) < 4.78 is 27.1. The lowest BCUT2D eigenvalue weighted by atomic mass is 10.1. The van der Waals surface area contributed by atoms with Crippen LogP contribution in [0.3, 0.4) is 0 Å². The molecule has 1 aromatic carbocycles. The second kappa shape index (κ2) is 6.58. The molecule has 0 aromatic heterocycles. The van der Waals surface area contributed by atoms with Crippen LogP contribution in [0, 0.1) is 11.6 Å². The number of thioether (sulfide) groups is 1. The van der Waals surface area contributed by atoms with Gasteiger partial charge in [0.2, 0.25) is 0 Å². The van der Waals surface area contributed by atoms with Crippen LogP contribution in [0.15, 0.2) is 12.1 Å². The number of hydrogen-bond acceptors (Lipinski definition) is 3. The topological polar surface area (TPSA) is 49.3 Å². The van der Waals surface area contributed by atoms with Crippen molar-refractivity contribution in [2.45, 2.75) is 19.4 Å². The number of benzene rings is 1. The molecule has 3 nitrogen and oxygen atoms in total. The zero-order valence-electron chi connectivity index (χ0n) is 10.2. The molecule has 0 aliphatic heterocycles. The summed E-state index contributed by atoms with van der Waals surface area (Å²) in [5.74, 6) is -3.19. The lowest BCUT2D eigenvalue weighted by molar-refractivity contribution is 0.0690. The van der Waals surface area contributed by atoms with Crippen molar-refractivity contribution < 1.29 is 18.7 Å². The highest BCUT2D eigenvalue weighted by Gasteiger charge is 2.19. The maximum atomic E-state index is 13.7. The predicted molar refractivity (Wildman–Crippen MR) is 69.4 cm³/mol. The normalized spacial score (nSPS) is 12.2. The van der Waals surface area contributed by atoms with Crippen LogP contribution in [0.25, 0.3) is 0 Å². The standard InChI is InChI=1S/C12H15F2NO2S/c1-3-7(6-18-2)15-9-5-4-8(12(16)17)10(13)11(9)14/h4-5,7,15H,3,6H2,1-2H3,(H,16,17). The van der Waals surface area contributed by atoms with E-state index in [-0.39, 0.29) is 11.7 Å². The molecule has 0 amide bonds. The average Bonchev–Trinajstić information content (AvgIpc) is 2.33. The Morgan fingerprint density at radius 1 is 1.44 bits per heavy atom. The van der Waals surface area contributed by atoms with E-state index < -0.39 is 23.2 Å². The van der Waals surface area contributed by atoms with Crippen LogP contribution in [-0.4, -0.2) is 29.1 Å². The van der Waals surface area contributed by atoms with Gasteiger partial charge in [-0.25, -0.2) is 13.6 Å². The molecular formula is C12H15F2NO2S. The van der Waals surface area contributed by atoms with Crippen LogP contribution >= 0.6 is 11.8 Å². The van der Waals surface area contributed by atoms with Crippen LogP contribution in [0.1, 0.15) is 23.7 Å². The molecule has 18 heavy (non-hydrogen) atoms. The SMILES string of the molecule is CCC(CSC)Nc1ccc(C(=O)O)c(F)c1F. The van der Waals surface area contributed by atoms with Crippen molar-refractivity contribution >= 4 is 23.4 Å². The van der Waals surface area contributed by atoms with E-state index in [0.29, 0.717) is 0 Å². The lowest BCUT2D eigenvalue weighted by Gasteiger charge is -2.18. The minimum absolute atomic E-state index is 0.00148. The number of carbonyl (C=O) groups is 1. The molecule has 0 saturated carbocycles. The van der Waals surface area contributed by atoms with Gasteiger partial charge >= 0.3 is 5.97 Å². The number of anilines is 1. The molecule has 0 aliphatic rings.